The van der Waals surface area contributed by atoms with Crippen molar-refractivity contribution < 1.29 is 46.1 Å². The van der Waals surface area contributed by atoms with E-state index in [-0.39, 0.29) is 11.0 Å². The van der Waals surface area contributed by atoms with Crippen molar-refractivity contribution in [2.24, 2.45) is 5.92 Å². The number of phenols is 1. The molecule has 0 spiro atoms. The van der Waals surface area contributed by atoms with E-state index in [1.54, 1.807) is 0 Å². The van der Waals surface area contributed by atoms with Crippen LogP contribution in [-0.2, 0) is 21.4 Å². The summed E-state index contributed by atoms with van der Waals surface area (Å²) < 4.78 is 0. The Balaban J connectivity index is 0.000000351. The van der Waals surface area contributed by atoms with Gasteiger partial charge in [0.25, 0.3) is 0 Å². The summed E-state index contributed by atoms with van der Waals surface area (Å²) in [6.07, 6.45) is 3.39. The molecule has 31 heavy (non-hydrogen) atoms. The molecule has 0 aromatic heterocycles. The van der Waals surface area contributed by atoms with Crippen LogP contribution in [0.3, 0.4) is 0 Å². The summed E-state index contributed by atoms with van der Waals surface area (Å²) >= 11 is 0. The van der Waals surface area contributed by atoms with Crippen molar-refractivity contribution in [3.8, 4) is 5.75 Å². The first-order valence-electron chi connectivity index (χ1n) is 10.0. The van der Waals surface area contributed by atoms with Crippen LogP contribution < -0.4 is 0 Å². The number of hydrogen-bond donors (Lipinski definition) is 5. The first-order chi connectivity index (χ1) is 13.7. The quantitative estimate of drug-likeness (QED) is 0.403. The number of aliphatic carboxylic acids is 2. The van der Waals surface area contributed by atoms with Crippen molar-refractivity contribution >= 4 is 11.9 Å². The number of rotatable bonds is 3. The molecular formula is C21H33NO9. The maximum atomic E-state index is 9.91. The number of fused-ring (bicyclic) bond motifs is 1. The van der Waals surface area contributed by atoms with Gasteiger partial charge < -0.3 is 41.4 Å². The fraction of sp³-hybridized carbons (Fsp3) is 0.619. The Morgan fingerprint density at radius 3 is 2.26 bits per heavy atom. The Labute approximate surface area is 180 Å². The molecule has 0 amide bonds. The average Bonchev–Trinajstić information content (AvgIpc) is 2.70. The Morgan fingerprint density at radius 2 is 1.68 bits per heavy atom. The number of carboxylic acid groups (broad SMARTS) is 2. The summed E-state index contributed by atoms with van der Waals surface area (Å²) in [6.45, 7) is 1.22. The summed E-state index contributed by atoms with van der Waals surface area (Å²) in [7, 11) is 2.30. The van der Waals surface area contributed by atoms with E-state index >= 15 is 0 Å². The highest BCUT2D eigenvalue weighted by Gasteiger charge is 2.53. The van der Waals surface area contributed by atoms with Gasteiger partial charge in [-0.1, -0.05) is 18.9 Å². The topological polar surface area (TPSA) is 202 Å². The highest BCUT2D eigenvalue weighted by molar-refractivity contribution is 5.83. The van der Waals surface area contributed by atoms with Crippen molar-refractivity contribution in [1.29, 1.82) is 0 Å². The van der Waals surface area contributed by atoms with Gasteiger partial charge in [-0.2, -0.15) is 0 Å². The van der Waals surface area contributed by atoms with E-state index in [1.807, 2.05) is 6.07 Å². The Kier molecular flexibility index (Phi) is 8.97. The van der Waals surface area contributed by atoms with Crippen molar-refractivity contribution in [2.75, 3.05) is 13.6 Å². The summed E-state index contributed by atoms with van der Waals surface area (Å²) in [6, 6.07) is 6.85. The van der Waals surface area contributed by atoms with Crippen LogP contribution in [0.25, 0.3) is 0 Å². The normalized spacial score (nSPS) is 28.1. The largest absolute Gasteiger partial charge is 0.508 e. The fourth-order valence-electron chi connectivity index (χ4n) is 5.45. The van der Waals surface area contributed by atoms with Gasteiger partial charge in [-0.3, -0.25) is 0 Å². The van der Waals surface area contributed by atoms with Crippen molar-refractivity contribution in [1.82, 2.24) is 4.90 Å². The smallest absolute Gasteiger partial charge is 0.335 e. The number of nitrogens with zero attached hydrogens (tertiary/aromatic N) is 1. The second-order valence-electron chi connectivity index (χ2n) is 8.42. The minimum atomic E-state index is -2.27. The summed E-state index contributed by atoms with van der Waals surface area (Å²) in [5, 5.41) is 42.4. The number of benzene rings is 1. The second kappa shape index (κ2) is 10.4. The number of carboxylic acids is 2. The van der Waals surface area contributed by atoms with Crippen molar-refractivity contribution in [3.05, 3.63) is 29.3 Å². The average molecular weight is 443 g/mol. The molecule has 1 aliphatic heterocycles. The molecule has 9 N–H and O–H groups in total. The third-order valence-electron chi connectivity index (χ3n) is 6.90. The molecule has 5 atom stereocenters. The molecule has 0 radical (unpaired) electrons. The number of likely N-dealkylation sites (tertiary alicyclic amines) is 1. The van der Waals surface area contributed by atoms with Crippen LogP contribution in [0.1, 0.15) is 43.2 Å². The van der Waals surface area contributed by atoms with E-state index in [4.69, 9.17) is 20.4 Å². The zero-order valence-corrected chi connectivity index (χ0v) is 17.5. The second-order valence-corrected chi connectivity index (χ2v) is 8.42. The summed E-state index contributed by atoms with van der Waals surface area (Å²) in [4.78, 5) is 22.1. The van der Waals surface area contributed by atoms with Crippen molar-refractivity contribution in [3.63, 3.8) is 0 Å². The van der Waals surface area contributed by atoms with Crippen LogP contribution in [0.2, 0.25) is 0 Å². The Morgan fingerprint density at radius 1 is 1.06 bits per heavy atom. The Bertz CT molecular complexity index is 768. The molecule has 10 heteroatoms. The van der Waals surface area contributed by atoms with Gasteiger partial charge in [0.2, 0.25) is 0 Å². The molecule has 1 aromatic rings. The molecule has 1 saturated carbocycles. The van der Waals surface area contributed by atoms with Crippen LogP contribution in [-0.4, -0.2) is 85.2 Å². The van der Waals surface area contributed by atoms with Crippen LogP contribution in [0, 0.1) is 5.92 Å². The lowest BCUT2D eigenvalue weighted by Crippen LogP contribution is -2.59. The molecule has 10 nitrogen and oxygen atoms in total. The van der Waals surface area contributed by atoms with Gasteiger partial charge in [-0.05, 0) is 68.5 Å². The van der Waals surface area contributed by atoms with Crippen LogP contribution in [0.5, 0.6) is 5.75 Å². The van der Waals surface area contributed by atoms with Crippen molar-refractivity contribution in [2.45, 2.75) is 62.2 Å². The van der Waals surface area contributed by atoms with Gasteiger partial charge in [0.1, 0.15) is 5.75 Å². The number of aliphatic hydroxyl groups excluding tert-OH is 2. The van der Waals surface area contributed by atoms with Gasteiger partial charge in [0.15, 0.2) is 12.2 Å². The third kappa shape index (κ3) is 4.99. The predicted octanol–water partition coefficient (Wildman–Crippen LogP) is -0.692. The molecule has 0 unspecified atom stereocenters. The maximum absolute atomic E-state index is 9.91. The SMILES string of the molecule is CN1CC[C@@]23CCCC[C@@H]2[C@@H]1Cc1ccc(O)cc13.O.O.O=C(O)[C@@H](O)[C@H](O)C(=O)O. The predicted molar refractivity (Wildman–Crippen MR) is 111 cm³/mol. The van der Waals surface area contributed by atoms with E-state index < -0.39 is 24.1 Å². The number of phenolic OH excluding ortho intramolecular Hbond substituents is 1. The minimum Gasteiger partial charge on any atom is -0.508 e. The molecule has 1 aromatic carbocycles. The minimum absolute atomic E-state index is 0. The number of piperidine rings is 1. The van der Waals surface area contributed by atoms with Crippen LogP contribution in [0.4, 0.5) is 0 Å². The Hall–Kier alpha value is -2.24. The molecule has 4 rings (SSSR count). The number of aromatic hydroxyl groups is 1. The lowest BCUT2D eigenvalue weighted by Gasteiger charge is -2.58. The zero-order valence-electron chi connectivity index (χ0n) is 17.5. The molecule has 1 heterocycles. The number of carbonyl (C=O) groups is 2. The standard InChI is InChI=1S/C17H23NO.C4H6O6.2H2O/c1-18-9-8-17-7-3-2-4-14(17)16(18)10-12-5-6-13(19)11-15(12)17;5-1(3(7)8)2(6)4(9)10;;/h5-6,11,14,16,19H,2-4,7-10H2,1H3;1-2,5-6H,(H,7,8)(H,9,10);2*1H2/t14-,16+,17+;1-,2-;;/m10../s1. The monoisotopic (exact) mass is 443 g/mol. The van der Waals surface area contributed by atoms with Crippen LogP contribution in [0.15, 0.2) is 18.2 Å². The molecule has 2 fully saturated rings. The lowest BCUT2D eigenvalue weighted by atomic mass is 9.52. The zero-order chi connectivity index (χ0) is 21.3. The van der Waals surface area contributed by atoms with E-state index in [0.29, 0.717) is 11.2 Å². The van der Waals surface area contributed by atoms with Gasteiger partial charge in [-0.15, -0.1) is 0 Å². The van der Waals surface area contributed by atoms with E-state index in [2.05, 4.69) is 24.1 Å². The molecular weight excluding hydrogens is 410 g/mol. The maximum Gasteiger partial charge on any atom is 0.335 e. The van der Waals surface area contributed by atoms with Gasteiger partial charge >= 0.3 is 11.9 Å². The molecule has 3 aliphatic rings. The van der Waals surface area contributed by atoms with E-state index in [0.717, 1.165) is 12.0 Å². The number of hydrogen-bond acceptors (Lipinski definition) is 6. The molecule has 1 saturated heterocycles. The van der Waals surface area contributed by atoms with Gasteiger partial charge in [0.05, 0.1) is 0 Å². The first-order valence-corrected chi connectivity index (χ1v) is 10.0. The number of likely N-dealkylation sites (N-methyl/N-ethyl adjacent to an activating group) is 1. The lowest BCUT2D eigenvalue weighted by molar-refractivity contribution is -0.165. The van der Waals surface area contributed by atoms with E-state index in [9.17, 15) is 14.7 Å². The molecule has 176 valence electrons. The third-order valence-corrected chi connectivity index (χ3v) is 6.90. The highest BCUT2D eigenvalue weighted by atomic mass is 16.4. The highest BCUT2D eigenvalue weighted by Crippen LogP contribution is 2.55. The molecule has 2 aliphatic carbocycles. The number of aliphatic hydroxyl groups is 2. The van der Waals surface area contributed by atoms with Gasteiger partial charge in [-0.25, -0.2) is 9.59 Å². The summed E-state index contributed by atoms with van der Waals surface area (Å²) in [5.41, 5.74) is 3.36. The van der Waals surface area contributed by atoms with Gasteiger partial charge in [0, 0.05) is 11.5 Å². The fourth-order valence-corrected chi connectivity index (χ4v) is 5.45. The van der Waals surface area contributed by atoms with Crippen LogP contribution >= 0.6 is 0 Å². The molecule has 2 bridgehead atoms. The summed E-state index contributed by atoms with van der Waals surface area (Å²) in [5.74, 6) is -2.27. The first kappa shape index (κ1) is 26.8. The van der Waals surface area contributed by atoms with E-state index in [1.165, 1.54) is 56.2 Å².